The monoisotopic (exact) mass is 343 g/mol. The Hall–Kier alpha value is -2.51. The molecule has 1 heterocycles. The van der Waals surface area contributed by atoms with E-state index in [1.165, 1.54) is 12.3 Å². The molecule has 24 heavy (non-hydrogen) atoms. The quantitative estimate of drug-likeness (QED) is 0.727. The second-order valence-corrected chi connectivity index (χ2v) is 6.12. The van der Waals surface area contributed by atoms with Gasteiger partial charge in [0, 0.05) is 11.6 Å². The summed E-state index contributed by atoms with van der Waals surface area (Å²) in [5.74, 6) is -0.977. The highest BCUT2D eigenvalue weighted by Gasteiger charge is 2.33. The van der Waals surface area contributed by atoms with Crippen LogP contribution in [0.1, 0.15) is 36.7 Å². The molecular formula is C16H16F3NO4. The first kappa shape index (κ1) is 17.8. The molecule has 0 atom stereocenters. The molecule has 0 radical (unpaired) electrons. The molecule has 0 amide bonds. The Balaban J connectivity index is 2.69. The average molecular weight is 343 g/mol. The van der Waals surface area contributed by atoms with Crippen LogP contribution in [0.25, 0.3) is 10.9 Å². The Morgan fingerprint density at radius 1 is 1.12 bits per heavy atom. The van der Waals surface area contributed by atoms with Gasteiger partial charge >= 0.3 is 18.2 Å². The van der Waals surface area contributed by atoms with Gasteiger partial charge in [0.05, 0.1) is 23.8 Å². The van der Waals surface area contributed by atoms with Gasteiger partial charge in [-0.3, -0.25) is 4.57 Å². The molecule has 1 aromatic carbocycles. The molecule has 0 bridgehead atoms. The number of nitrogens with zero attached hydrogens (tertiary/aromatic N) is 1. The fraction of sp³-hybridized carbons (Fsp3) is 0.375. The van der Waals surface area contributed by atoms with Crippen molar-refractivity contribution in [3.8, 4) is 0 Å². The molecule has 1 aromatic heterocycles. The third kappa shape index (κ3) is 3.52. The molecule has 2 rings (SSSR count). The van der Waals surface area contributed by atoms with Crippen molar-refractivity contribution in [3.05, 3.63) is 35.5 Å². The van der Waals surface area contributed by atoms with Crippen molar-refractivity contribution in [1.82, 2.24) is 4.57 Å². The van der Waals surface area contributed by atoms with E-state index in [1.807, 2.05) is 0 Å². The third-order valence-corrected chi connectivity index (χ3v) is 3.11. The van der Waals surface area contributed by atoms with E-state index in [-0.39, 0.29) is 16.5 Å². The Morgan fingerprint density at radius 3 is 2.25 bits per heavy atom. The zero-order valence-electron chi connectivity index (χ0n) is 13.5. The zero-order valence-corrected chi connectivity index (χ0v) is 13.5. The molecule has 0 unspecified atom stereocenters. The van der Waals surface area contributed by atoms with Crippen LogP contribution in [0, 0.1) is 0 Å². The van der Waals surface area contributed by atoms with Crippen LogP contribution >= 0.6 is 0 Å². The van der Waals surface area contributed by atoms with Crippen LogP contribution in [0.15, 0.2) is 24.4 Å². The molecule has 130 valence electrons. The Bertz CT molecular complexity index is 800. The Labute approximate surface area is 135 Å². The first-order valence-electron chi connectivity index (χ1n) is 6.98. The molecule has 0 aliphatic rings. The summed E-state index contributed by atoms with van der Waals surface area (Å²) >= 11 is 0. The van der Waals surface area contributed by atoms with Gasteiger partial charge in [0.2, 0.25) is 0 Å². The second-order valence-electron chi connectivity index (χ2n) is 6.12. The molecule has 0 N–H and O–H groups in total. The van der Waals surface area contributed by atoms with Crippen LogP contribution in [0.3, 0.4) is 0 Å². The minimum atomic E-state index is -4.63. The first-order valence-corrected chi connectivity index (χ1v) is 6.98. The number of esters is 1. The van der Waals surface area contributed by atoms with Gasteiger partial charge in [-0.2, -0.15) is 13.2 Å². The predicted octanol–water partition coefficient (Wildman–Crippen LogP) is 4.23. The van der Waals surface area contributed by atoms with Gasteiger partial charge in [-0.05, 0) is 39.0 Å². The normalized spacial score (nSPS) is 12.3. The highest BCUT2D eigenvalue weighted by Crippen LogP contribution is 2.34. The van der Waals surface area contributed by atoms with E-state index < -0.39 is 29.4 Å². The number of benzene rings is 1. The van der Waals surface area contributed by atoms with Gasteiger partial charge < -0.3 is 9.47 Å². The highest BCUT2D eigenvalue weighted by atomic mass is 19.4. The Kier molecular flexibility index (Phi) is 4.34. The number of methoxy groups -OCH3 is 1. The lowest BCUT2D eigenvalue weighted by atomic mass is 10.1. The number of fused-ring (bicyclic) bond motifs is 1. The minimum Gasteiger partial charge on any atom is -0.465 e. The van der Waals surface area contributed by atoms with Crippen molar-refractivity contribution in [2.45, 2.75) is 32.5 Å². The molecule has 0 aliphatic carbocycles. The van der Waals surface area contributed by atoms with Gasteiger partial charge in [-0.15, -0.1) is 0 Å². The zero-order chi connectivity index (χ0) is 18.3. The maximum absolute atomic E-state index is 13.0. The lowest BCUT2D eigenvalue weighted by molar-refractivity contribution is -0.137. The van der Waals surface area contributed by atoms with Crippen molar-refractivity contribution in [3.63, 3.8) is 0 Å². The number of halogens is 3. The summed E-state index contributed by atoms with van der Waals surface area (Å²) in [6.45, 7) is 4.96. The topological polar surface area (TPSA) is 57.5 Å². The molecule has 5 nitrogen and oxygen atoms in total. The number of aromatic nitrogens is 1. The van der Waals surface area contributed by atoms with Crippen molar-refractivity contribution in [2.24, 2.45) is 0 Å². The van der Waals surface area contributed by atoms with Crippen LogP contribution in [-0.4, -0.2) is 29.3 Å². The van der Waals surface area contributed by atoms with Crippen LogP contribution in [0.5, 0.6) is 0 Å². The highest BCUT2D eigenvalue weighted by molar-refractivity contribution is 6.06. The molecule has 0 fully saturated rings. The average Bonchev–Trinajstić information content (AvgIpc) is 2.86. The first-order chi connectivity index (χ1) is 10.9. The van der Waals surface area contributed by atoms with E-state index in [9.17, 15) is 22.8 Å². The smallest absolute Gasteiger partial charge is 0.419 e. The van der Waals surface area contributed by atoms with Gasteiger partial charge in [0.15, 0.2) is 0 Å². The number of hydrogen-bond acceptors (Lipinski definition) is 4. The molecule has 0 saturated heterocycles. The van der Waals surface area contributed by atoms with Crippen molar-refractivity contribution < 1.29 is 32.2 Å². The lowest BCUT2D eigenvalue weighted by Crippen LogP contribution is -2.27. The number of rotatable bonds is 1. The van der Waals surface area contributed by atoms with Crippen LogP contribution < -0.4 is 0 Å². The van der Waals surface area contributed by atoms with Gasteiger partial charge in [-0.1, -0.05) is 0 Å². The SMILES string of the molecule is COC(=O)c1cc(C(F)(F)F)cc2ccn(C(=O)OC(C)(C)C)c12. The van der Waals surface area contributed by atoms with Gasteiger partial charge in [0.1, 0.15) is 5.60 Å². The van der Waals surface area contributed by atoms with E-state index in [2.05, 4.69) is 4.74 Å². The summed E-state index contributed by atoms with van der Waals surface area (Å²) in [4.78, 5) is 24.2. The number of carbonyl (C=O) groups excluding carboxylic acids is 2. The summed E-state index contributed by atoms with van der Waals surface area (Å²) in [6.07, 6.45) is -4.18. The van der Waals surface area contributed by atoms with Gasteiger partial charge in [-0.25, -0.2) is 9.59 Å². The molecule has 0 spiro atoms. The van der Waals surface area contributed by atoms with E-state index in [0.29, 0.717) is 6.07 Å². The number of carbonyl (C=O) groups is 2. The standard InChI is InChI=1S/C16H16F3NO4/c1-15(2,3)24-14(22)20-6-5-9-7-10(16(17,18)19)8-11(12(9)20)13(21)23-4/h5-8H,1-4H3. The fourth-order valence-electron chi connectivity index (χ4n) is 2.17. The second kappa shape index (κ2) is 5.85. The van der Waals surface area contributed by atoms with E-state index in [1.54, 1.807) is 20.8 Å². The predicted molar refractivity (Wildman–Crippen MR) is 79.9 cm³/mol. The number of ether oxygens (including phenoxy) is 2. The fourth-order valence-corrected chi connectivity index (χ4v) is 2.17. The van der Waals surface area contributed by atoms with Crippen molar-refractivity contribution in [2.75, 3.05) is 7.11 Å². The van der Waals surface area contributed by atoms with E-state index in [0.717, 1.165) is 17.7 Å². The largest absolute Gasteiger partial charge is 0.465 e. The van der Waals surface area contributed by atoms with E-state index in [4.69, 9.17) is 4.74 Å². The van der Waals surface area contributed by atoms with Crippen molar-refractivity contribution >= 4 is 23.0 Å². The summed E-state index contributed by atoms with van der Waals surface area (Å²) in [6, 6.07) is 2.83. The third-order valence-electron chi connectivity index (χ3n) is 3.11. The van der Waals surface area contributed by atoms with Crippen LogP contribution in [-0.2, 0) is 15.7 Å². The molecular weight excluding hydrogens is 327 g/mol. The van der Waals surface area contributed by atoms with Gasteiger partial charge in [0.25, 0.3) is 0 Å². The lowest BCUT2D eigenvalue weighted by Gasteiger charge is -2.20. The van der Waals surface area contributed by atoms with Crippen LogP contribution in [0.4, 0.5) is 18.0 Å². The summed E-state index contributed by atoms with van der Waals surface area (Å²) in [5, 5.41) is 0.0797. The van der Waals surface area contributed by atoms with Crippen LogP contribution in [0.2, 0.25) is 0 Å². The molecule has 2 aromatic rings. The maximum Gasteiger partial charge on any atom is 0.419 e. The summed E-state index contributed by atoms with van der Waals surface area (Å²) in [5.41, 5.74) is -2.16. The van der Waals surface area contributed by atoms with E-state index >= 15 is 0 Å². The van der Waals surface area contributed by atoms with Crippen molar-refractivity contribution in [1.29, 1.82) is 0 Å². The number of hydrogen-bond donors (Lipinski definition) is 0. The summed E-state index contributed by atoms with van der Waals surface area (Å²) in [7, 11) is 1.05. The maximum atomic E-state index is 13.0. The summed E-state index contributed by atoms with van der Waals surface area (Å²) < 4.78 is 49.7. The minimum absolute atomic E-state index is 0.00380. The number of alkyl halides is 3. The molecule has 0 aliphatic heterocycles. The Morgan fingerprint density at radius 2 is 1.75 bits per heavy atom. The molecule has 0 saturated carbocycles. The molecule has 8 heteroatoms.